The number of benzene rings is 2. The first kappa shape index (κ1) is 15.4. The number of nitrogens with zero attached hydrogens (tertiary/aromatic N) is 3. The topological polar surface area (TPSA) is 49.1 Å². The van der Waals surface area contributed by atoms with Crippen LogP contribution in [0.15, 0.2) is 53.5 Å². The van der Waals surface area contributed by atoms with E-state index in [0.29, 0.717) is 11.1 Å². The number of hydrogen-bond donors (Lipinski definition) is 0. The highest BCUT2D eigenvalue weighted by Crippen LogP contribution is 2.28. The summed E-state index contributed by atoms with van der Waals surface area (Å²) in [6, 6.07) is 12.0. The first-order chi connectivity index (χ1) is 12.1. The van der Waals surface area contributed by atoms with Crippen molar-refractivity contribution < 1.29 is 9.13 Å². The molecule has 0 bridgehead atoms. The fraction of sp³-hybridized carbons (Fsp3) is 0.158. The SMILES string of the molecule is COc1ccc2c(c1)c1cnn(Cc3ccccc3F)c(=O)c1n2C. The van der Waals surface area contributed by atoms with E-state index >= 15 is 0 Å². The van der Waals surface area contributed by atoms with Crippen molar-refractivity contribution >= 4 is 21.8 Å². The van der Waals surface area contributed by atoms with E-state index in [-0.39, 0.29) is 17.9 Å². The molecule has 0 N–H and O–H groups in total. The molecule has 0 aliphatic heterocycles. The van der Waals surface area contributed by atoms with Crippen LogP contribution in [0.1, 0.15) is 5.56 Å². The first-order valence-electron chi connectivity index (χ1n) is 7.86. The van der Waals surface area contributed by atoms with Gasteiger partial charge in [0.25, 0.3) is 5.56 Å². The quantitative estimate of drug-likeness (QED) is 0.577. The van der Waals surface area contributed by atoms with Gasteiger partial charge in [0.1, 0.15) is 17.1 Å². The van der Waals surface area contributed by atoms with Crippen LogP contribution in [0.25, 0.3) is 21.8 Å². The number of methoxy groups -OCH3 is 1. The number of aryl methyl sites for hydroxylation is 1. The molecule has 0 aliphatic rings. The molecule has 0 radical (unpaired) electrons. The Morgan fingerprint density at radius 2 is 1.96 bits per heavy atom. The Hall–Kier alpha value is -3.15. The molecular formula is C19H16FN3O2. The predicted octanol–water partition coefficient (Wildman–Crippen LogP) is 3.08. The number of fused-ring (bicyclic) bond motifs is 3. The zero-order valence-corrected chi connectivity index (χ0v) is 13.9. The third-order valence-corrected chi connectivity index (χ3v) is 4.49. The lowest BCUT2D eigenvalue weighted by atomic mass is 10.2. The maximum absolute atomic E-state index is 13.9. The molecule has 0 saturated heterocycles. The summed E-state index contributed by atoms with van der Waals surface area (Å²) >= 11 is 0. The molecular weight excluding hydrogens is 321 g/mol. The van der Waals surface area contributed by atoms with Gasteiger partial charge in [-0.2, -0.15) is 5.10 Å². The molecule has 0 atom stereocenters. The smallest absolute Gasteiger partial charge is 0.291 e. The van der Waals surface area contributed by atoms with Gasteiger partial charge in [0.15, 0.2) is 0 Å². The number of ether oxygens (including phenoxy) is 1. The van der Waals surface area contributed by atoms with E-state index < -0.39 is 0 Å². The van der Waals surface area contributed by atoms with Gasteiger partial charge in [0, 0.05) is 28.9 Å². The first-order valence-corrected chi connectivity index (χ1v) is 7.86. The van der Waals surface area contributed by atoms with Crippen LogP contribution in [0, 0.1) is 5.82 Å². The third-order valence-electron chi connectivity index (χ3n) is 4.49. The Morgan fingerprint density at radius 1 is 1.16 bits per heavy atom. The van der Waals surface area contributed by atoms with Crippen LogP contribution in [-0.4, -0.2) is 21.5 Å². The lowest BCUT2D eigenvalue weighted by molar-refractivity contribution is 0.415. The van der Waals surface area contributed by atoms with Crippen LogP contribution < -0.4 is 10.3 Å². The number of halogens is 1. The molecule has 0 fully saturated rings. The van der Waals surface area contributed by atoms with Crippen LogP contribution in [0.5, 0.6) is 5.75 Å². The zero-order chi connectivity index (χ0) is 17.6. The van der Waals surface area contributed by atoms with Crippen LogP contribution in [0.4, 0.5) is 4.39 Å². The van der Waals surface area contributed by atoms with Gasteiger partial charge < -0.3 is 9.30 Å². The molecule has 126 valence electrons. The van der Waals surface area contributed by atoms with Crippen molar-refractivity contribution in [2.24, 2.45) is 7.05 Å². The highest BCUT2D eigenvalue weighted by molar-refractivity contribution is 6.07. The maximum atomic E-state index is 13.9. The summed E-state index contributed by atoms with van der Waals surface area (Å²) in [5, 5.41) is 5.90. The molecule has 0 aliphatic carbocycles. The Kier molecular flexibility index (Phi) is 3.53. The Morgan fingerprint density at radius 3 is 2.72 bits per heavy atom. The highest BCUT2D eigenvalue weighted by Gasteiger charge is 2.15. The van der Waals surface area contributed by atoms with E-state index in [9.17, 15) is 9.18 Å². The van der Waals surface area contributed by atoms with Crippen LogP contribution in [0.2, 0.25) is 0 Å². The molecule has 0 spiro atoms. The fourth-order valence-corrected chi connectivity index (χ4v) is 3.17. The van der Waals surface area contributed by atoms with Crippen LogP contribution >= 0.6 is 0 Å². The minimum Gasteiger partial charge on any atom is -0.497 e. The Balaban J connectivity index is 1.94. The molecule has 0 unspecified atom stereocenters. The van der Waals surface area contributed by atoms with E-state index in [1.54, 1.807) is 31.5 Å². The second kappa shape index (κ2) is 5.73. The van der Waals surface area contributed by atoms with Crippen LogP contribution in [-0.2, 0) is 13.6 Å². The van der Waals surface area contributed by atoms with E-state index in [2.05, 4.69) is 5.10 Å². The molecule has 25 heavy (non-hydrogen) atoms. The van der Waals surface area contributed by atoms with Crippen molar-refractivity contribution in [1.82, 2.24) is 14.3 Å². The molecule has 2 aromatic heterocycles. The largest absolute Gasteiger partial charge is 0.497 e. The molecule has 0 saturated carbocycles. The van der Waals surface area contributed by atoms with E-state index in [4.69, 9.17) is 4.74 Å². The minimum atomic E-state index is -0.349. The van der Waals surface area contributed by atoms with Gasteiger partial charge in [-0.25, -0.2) is 9.07 Å². The summed E-state index contributed by atoms with van der Waals surface area (Å²) in [7, 11) is 3.44. The summed E-state index contributed by atoms with van der Waals surface area (Å²) in [5.74, 6) is 0.369. The minimum absolute atomic E-state index is 0.0896. The van der Waals surface area contributed by atoms with Crippen molar-refractivity contribution in [1.29, 1.82) is 0 Å². The van der Waals surface area contributed by atoms with Crippen molar-refractivity contribution in [3.05, 3.63) is 70.4 Å². The average Bonchev–Trinajstić information content (AvgIpc) is 2.91. The lowest BCUT2D eigenvalue weighted by Gasteiger charge is -2.06. The van der Waals surface area contributed by atoms with Gasteiger partial charge in [0.05, 0.1) is 19.9 Å². The van der Waals surface area contributed by atoms with Gasteiger partial charge in [-0.1, -0.05) is 18.2 Å². The molecule has 5 nitrogen and oxygen atoms in total. The summed E-state index contributed by atoms with van der Waals surface area (Å²) in [4.78, 5) is 12.9. The molecule has 2 aromatic carbocycles. The normalized spacial score (nSPS) is 11.3. The van der Waals surface area contributed by atoms with Gasteiger partial charge >= 0.3 is 0 Å². The molecule has 4 aromatic rings. The van der Waals surface area contributed by atoms with Gasteiger partial charge in [-0.15, -0.1) is 0 Å². The second-order valence-electron chi connectivity index (χ2n) is 5.90. The average molecular weight is 337 g/mol. The van der Waals surface area contributed by atoms with Crippen molar-refractivity contribution in [3.8, 4) is 5.75 Å². The number of rotatable bonds is 3. The second-order valence-corrected chi connectivity index (χ2v) is 5.90. The van der Waals surface area contributed by atoms with Crippen LogP contribution in [0.3, 0.4) is 0 Å². The molecule has 2 heterocycles. The summed E-state index contributed by atoms with van der Waals surface area (Å²) in [6.45, 7) is 0.0896. The lowest BCUT2D eigenvalue weighted by Crippen LogP contribution is -2.24. The van der Waals surface area contributed by atoms with Crippen molar-refractivity contribution in [2.75, 3.05) is 7.11 Å². The molecule has 4 rings (SSSR count). The molecule has 6 heteroatoms. The predicted molar refractivity (Wildman–Crippen MR) is 94.5 cm³/mol. The Bertz CT molecular complexity index is 1160. The highest BCUT2D eigenvalue weighted by atomic mass is 19.1. The monoisotopic (exact) mass is 337 g/mol. The van der Waals surface area contributed by atoms with E-state index in [0.717, 1.165) is 22.0 Å². The number of aromatic nitrogens is 3. The Labute approximate surface area is 142 Å². The standard InChI is InChI=1S/C19H16FN3O2/c1-22-17-8-7-13(25-2)9-14(17)15-10-21-23(19(24)18(15)22)11-12-5-3-4-6-16(12)20/h3-10H,11H2,1-2H3. The maximum Gasteiger partial charge on any atom is 0.291 e. The zero-order valence-electron chi connectivity index (χ0n) is 13.9. The molecule has 0 amide bonds. The van der Waals surface area contributed by atoms with Gasteiger partial charge in [0.2, 0.25) is 0 Å². The van der Waals surface area contributed by atoms with E-state index in [1.165, 1.54) is 10.7 Å². The summed E-state index contributed by atoms with van der Waals surface area (Å²) in [6.07, 6.45) is 1.65. The van der Waals surface area contributed by atoms with Crippen molar-refractivity contribution in [2.45, 2.75) is 6.54 Å². The number of hydrogen-bond acceptors (Lipinski definition) is 3. The van der Waals surface area contributed by atoms with Crippen molar-refractivity contribution in [3.63, 3.8) is 0 Å². The van der Waals surface area contributed by atoms with Gasteiger partial charge in [-0.3, -0.25) is 4.79 Å². The van der Waals surface area contributed by atoms with E-state index in [1.807, 2.05) is 29.8 Å². The fourth-order valence-electron chi connectivity index (χ4n) is 3.17. The summed E-state index contributed by atoms with van der Waals surface area (Å²) in [5.41, 5.74) is 1.63. The van der Waals surface area contributed by atoms with Gasteiger partial charge in [-0.05, 0) is 24.3 Å². The summed E-state index contributed by atoms with van der Waals surface area (Å²) < 4.78 is 22.3. The third kappa shape index (κ3) is 2.38.